The summed E-state index contributed by atoms with van der Waals surface area (Å²) in [7, 11) is 1.47. The highest BCUT2D eigenvalue weighted by Gasteiger charge is 2.56. The minimum Gasteiger partial charge on any atom is -0.493 e. The molecule has 1 fully saturated rings. The summed E-state index contributed by atoms with van der Waals surface area (Å²) in [5.41, 5.74) is 2.23. The Morgan fingerprint density at radius 3 is 2.51 bits per heavy atom. The van der Waals surface area contributed by atoms with E-state index in [0.717, 1.165) is 16.9 Å². The summed E-state index contributed by atoms with van der Waals surface area (Å²) in [4.78, 5) is 55.9. The number of carbonyl (C=O) groups excluding carboxylic acids is 3. The van der Waals surface area contributed by atoms with Crippen molar-refractivity contribution >= 4 is 46.6 Å². The number of aromatic amines is 1. The Balaban J connectivity index is 1.54. The zero-order valence-electron chi connectivity index (χ0n) is 20.3. The number of hydrogen-bond acceptors (Lipinski definition) is 9. The van der Waals surface area contributed by atoms with Gasteiger partial charge in [0.05, 0.1) is 30.3 Å². The molecule has 0 bridgehead atoms. The Morgan fingerprint density at radius 1 is 1.05 bits per heavy atom. The van der Waals surface area contributed by atoms with Crippen LogP contribution < -0.4 is 19.2 Å². The second-order valence-corrected chi connectivity index (χ2v) is 10.8. The number of nitrogens with zero attached hydrogens (tertiary/aromatic N) is 1. The van der Waals surface area contributed by atoms with E-state index in [-0.39, 0.29) is 29.9 Å². The SMILES string of the molecule is CCOC(=O)COc1ccc([C@H]2c3sc(=O)[nH]c3SC3C(=O)N(c4ccc(C)cc4)C(=O)C32)cc1OC. The number of fused-ring (bicyclic) bond motifs is 2. The topological polar surface area (TPSA) is 115 Å². The largest absolute Gasteiger partial charge is 0.493 e. The number of hydrogen-bond donors (Lipinski definition) is 1. The van der Waals surface area contributed by atoms with Crippen LogP contribution in [0, 0.1) is 12.8 Å². The smallest absolute Gasteiger partial charge is 0.344 e. The predicted octanol–water partition coefficient (Wildman–Crippen LogP) is 3.49. The highest BCUT2D eigenvalue weighted by atomic mass is 32.2. The number of anilines is 1. The second kappa shape index (κ2) is 10.1. The summed E-state index contributed by atoms with van der Waals surface area (Å²) in [6.07, 6.45) is 0. The Labute approximate surface area is 220 Å². The molecule has 1 aromatic heterocycles. The lowest BCUT2D eigenvalue weighted by Crippen LogP contribution is -2.32. The summed E-state index contributed by atoms with van der Waals surface area (Å²) >= 11 is 2.26. The summed E-state index contributed by atoms with van der Waals surface area (Å²) < 4.78 is 16.0. The molecule has 3 heterocycles. The van der Waals surface area contributed by atoms with Crippen LogP contribution in [0.15, 0.2) is 52.3 Å². The quantitative estimate of drug-likeness (QED) is 0.358. The van der Waals surface area contributed by atoms with Gasteiger partial charge in [0.25, 0.3) is 0 Å². The normalized spacial score (nSPS) is 20.4. The van der Waals surface area contributed by atoms with Crippen LogP contribution in [-0.4, -0.2) is 48.3 Å². The van der Waals surface area contributed by atoms with Gasteiger partial charge in [0.1, 0.15) is 5.25 Å². The van der Waals surface area contributed by atoms with E-state index in [2.05, 4.69) is 4.98 Å². The predicted molar refractivity (Wildman–Crippen MR) is 139 cm³/mol. The molecule has 2 aliphatic heterocycles. The van der Waals surface area contributed by atoms with Crippen LogP contribution >= 0.6 is 23.1 Å². The maximum absolute atomic E-state index is 13.8. The minimum atomic E-state index is -0.714. The van der Waals surface area contributed by atoms with Crippen molar-refractivity contribution in [3.63, 3.8) is 0 Å². The number of carbonyl (C=O) groups is 3. The van der Waals surface area contributed by atoms with Gasteiger partial charge in [-0.2, -0.15) is 0 Å². The van der Waals surface area contributed by atoms with Crippen LogP contribution in [0.1, 0.15) is 28.8 Å². The van der Waals surface area contributed by atoms with E-state index in [0.29, 0.717) is 32.7 Å². The van der Waals surface area contributed by atoms with Crippen LogP contribution in [0.3, 0.4) is 0 Å². The van der Waals surface area contributed by atoms with Gasteiger partial charge in [0.15, 0.2) is 18.1 Å². The van der Waals surface area contributed by atoms with Crippen LogP contribution in [0.4, 0.5) is 5.69 Å². The van der Waals surface area contributed by atoms with Crippen molar-refractivity contribution in [2.75, 3.05) is 25.2 Å². The first-order valence-electron chi connectivity index (χ1n) is 11.6. The molecule has 0 aliphatic carbocycles. The van der Waals surface area contributed by atoms with E-state index in [9.17, 15) is 19.2 Å². The molecule has 3 atom stereocenters. The third-order valence-corrected chi connectivity index (χ3v) is 8.71. The van der Waals surface area contributed by atoms with Crippen LogP contribution in [0.25, 0.3) is 0 Å². The van der Waals surface area contributed by atoms with Crippen molar-refractivity contribution in [3.8, 4) is 11.5 Å². The number of aromatic nitrogens is 1. The molecule has 9 nitrogen and oxygen atoms in total. The fourth-order valence-electron chi connectivity index (χ4n) is 4.66. The van der Waals surface area contributed by atoms with Gasteiger partial charge in [-0.1, -0.05) is 46.9 Å². The van der Waals surface area contributed by atoms with E-state index in [1.165, 1.54) is 23.8 Å². The van der Waals surface area contributed by atoms with Crippen LogP contribution in [0.2, 0.25) is 0 Å². The van der Waals surface area contributed by atoms with Gasteiger partial charge in [0.2, 0.25) is 11.8 Å². The van der Waals surface area contributed by atoms with E-state index < -0.39 is 23.1 Å². The number of benzene rings is 2. The first-order valence-corrected chi connectivity index (χ1v) is 13.3. The second-order valence-electron chi connectivity index (χ2n) is 8.60. The van der Waals surface area contributed by atoms with E-state index >= 15 is 0 Å². The summed E-state index contributed by atoms with van der Waals surface area (Å²) in [6.45, 7) is 3.61. The number of amides is 2. The molecule has 3 aromatic rings. The standard InChI is InChI=1S/C26H24N2O7S2/c1-4-34-18(29)12-35-16-10-7-14(11-17(16)33-3)19-20-22(36-23-21(19)37-26(32)27-23)25(31)28(24(20)30)15-8-5-13(2)6-9-15/h5-11,19-20,22H,4,12H2,1-3H3,(H,27,32)/t19-,20?,22?/m1/s1. The molecule has 2 aliphatic rings. The van der Waals surface area contributed by atoms with Crippen molar-refractivity contribution in [1.29, 1.82) is 0 Å². The molecule has 0 spiro atoms. The zero-order chi connectivity index (χ0) is 26.3. The van der Waals surface area contributed by atoms with Crippen molar-refractivity contribution in [1.82, 2.24) is 4.98 Å². The molecule has 2 aromatic carbocycles. The number of rotatable bonds is 7. The van der Waals surface area contributed by atoms with Gasteiger partial charge in [0, 0.05) is 10.8 Å². The molecular formula is C26H24N2O7S2. The Kier molecular flexibility index (Phi) is 6.82. The number of methoxy groups -OCH3 is 1. The summed E-state index contributed by atoms with van der Waals surface area (Å²) in [5.74, 6) is -1.71. The van der Waals surface area contributed by atoms with Gasteiger partial charge in [-0.05, 0) is 43.7 Å². The molecule has 37 heavy (non-hydrogen) atoms. The monoisotopic (exact) mass is 540 g/mol. The van der Waals surface area contributed by atoms with E-state index in [4.69, 9.17) is 14.2 Å². The fraction of sp³-hybridized carbons (Fsp3) is 0.308. The maximum atomic E-state index is 13.8. The third-order valence-electron chi connectivity index (χ3n) is 6.31. The van der Waals surface area contributed by atoms with Crippen molar-refractivity contribution < 1.29 is 28.6 Å². The molecule has 0 radical (unpaired) electrons. The van der Waals surface area contributed by atoms with E-state index in [1.54, 1.807) is 37.3 Å². The highest BCUT2D eigenvalue weighted by molar-refractivity contribution is 8.00. The number of nitrogens with one attached hydrogen (secondary N) is 1. The molecule has 5 rings (SSSR count). The number of aryl methyl sites for hydroxylation is 1. The molecule has 1 N–H and O–H groups in total. The Bertz CT molecular complexity index is 1430. The van der Waals surface area contributed by atoms with Crippen LogP contribution in [-0.2, 0) is 19.1 Å². The zero-order valence-corrected chi connectivity index (χ0v) is 21.9. The minimum absolute atomic E-state index is 0.245. The molecule has 0 saturated carbocycles. The van der Waals surface area contributed by atoms with Gasteiger partial charge >= 0.3 is 10.8 Å². The molecular weight excluding hydrogens is 516 g/mol. The molecule has 2 unspecified atom stereocenters. The van der Waals surface area contributed by atoms with Gasteiger partial charge in [-0.25, -0.2) is 9.69 Å². The third kappa shape index (κ3) is 4.53. The van der Waals surface area contributed by atoms with Gasteiger partial charge in [-0.3, -0.25) is 14.4 Å². The summed E-state index contributed by atoms with van der Waals surface area (Å²) in [6, 6.07) is 12.4. The lowest BCUT2D eigenvalue weighted by Gasteiger charge is -2.30. The lowest BCUT2D eigenvalue weighted by molar-refractivity contribution is -0.145. The number of ether oxygens (including phenoxy) is 3. The van der Waals surface area contributed by atoms with Crippen molar-refractivity contribution in [3.05, 3.63) is 68.1 Å². The number of H-pyrrole nitrogens is 1. The molecule has 11 heteroatoms. The van der Waals surface area contributed by atoms with Crippen molar-refractivity contribution in [2.24, 2.45) is 5.92 Å². The number of imide groups is 1. The average molecular weight is 541 g/mol. The molecule has 192 valence electrons. The van der Waals surface area contributed by atoms with Gasteiger partial charge < -0.3 is 19.2 Å². The Morgan fingerprint density at radius 2 is 1.81 bits per heavy atom. The summed E-state index contributed by atoms with van der Waals surface area (Å²) in [5, 5.41) is -0.1000. The van der Waals surface area contributed by atoms with Crippen molar-refractivity contribution in [2.45, 2.75) is 30.0 Å². The number of thioether (sulfide) groups is 1. The molecule has 1 saturated heterocycles. The van der Waals surface area contributed by atoms with Crippen LogP contribution in [0.5, 0.6) is 11.5 Å². The maximum Gasteiger partial charge on any atom is 0.344 e. The molecule has 2 amide bonds. The Hall–Kier alpha value is -3.57. The fourth-order valence-corrected chi connectivity index (χ4v) is 7.18. The van der Waals surface area contributed by atoms with Gasteiger partial charge in [-0.15, -0.1) is 0 Å². The van der Waals surface area contributed by atoms with E-state index in [1.807, 2.05) is 19.1 Å². The lowest BCUT2D eigenvalue weighted by atomic mass is 9.83. The number of thiazole rings is 1. The first kappa shape index (κ1) is 25.1. The highest BCUT2D eigenvalue weighted by Crippen LogP contribution is 2.53. The number of esters is 1. The average Bonchev–Trinajstić information content (AvgIpc) is 3.38. The first-order chi connectivity index (χ1) is 17.8.